The molecule has 33 heavy (non-hydrogen) atoms. The van der Waals surface area contributed by atoms with Crippen molar-refractivity contribution >= 4 is 28.4 Å². The molecule has 0 aliphatic rings. The van der Waals surface area contributed by atoms with Crippen molar-refractivity contribution in [1.82, 2.24) is 9.88 Å². The molecule has 0 saturated heterocycles. The van der Waals surface area contributed by atoms with E-state index in [1.807, 2.05) is 61.7 Å². The lowest BCUT2D eigenvalue weighted by molar-refractivity contribution is -0.136. The minimum absolute atomic E-state index is 0.143. The molecule has 0 aliphatic carbocycles. The monoisotopic (exact) mass is 441 g/mol. The number of hydrogen-bond donors (Lipinski definition) is 2. The highest BCUT2D eigenvalue weighted by Gasteiger charge is 2.29. The van der Waals surface area contributed by atoms with E-state index in [-0.39, 0.29) is 18.2 Å². The molecule has 6 heteroatoms. The van der Waals surface area contributed by atoms with Gasteiger partial charge >= 0.3 is 0 Å². The van der Waals surface area contributed by atoms with E-state index in [0.717, 1.165) is 27.6 Å². The summed E-state index contributed by atoms with van der Waals surface area (Å²) in [6.45, 7) is 1.99. The van der Waals surface area contributed by atoms with Gasteiger partial charge in [0.1, 0.15) is 11.8 Å². The van der Waals surface area contributed by atoms with E-state index in [1.54, 1.807) is 38.4 Å². The zero-order chi connectivity index (χ0) is 23.4. The van der Waals surface area contributed by atoms with Gasteiger partial charge in [0.15, 0.2) is 0 Å². The Bertz CT molecular complexity index is 1260. The molecule has 6 nitrogen and oxygen atoms in total. The Kier molecular flexibility index (Phi) is 6.45. The highest BCUT2D eigenvalue weighted by Crippen LogP contribution is 2.25. The molecule has 2 N–H and O–H groups in total. The minimum Gasteiger partial charge on any atom is -0.497 e. The number of amides is 2. The predicted octanol–water partition coefficient (Wildman–Crippen LogP) is 4.87. The van der Waals surface area contributed by atoms with Gasteiger partial charge in [-0.25, -0.2) is 0 Å². The molecule has 0 spiro atoms. The van der Waals surface area contributed by atoms with Gasteiger partial charge < -0.3 is 19.9 Å². The number of para-hydroxylation sites is 1. The van der Waals surface area contributed by atoms with Crippen LogP contribution in [0.2, 0.25) is 0 Å². The number of benzene rings is 3. The van der Waals surface area contributed by atoms with Crippen molar-refractivity contribution in [2.45, 2.75) is 19.4 Å². The number of hydrogen-bond acceptors (Lipinski definition) is 3. The lowest BCUT2D eigenvalue weighted by atomic mass is 10.0. The Balaban J connectivity index is 1.59. The second-order valence-electron chi connectivity index (χ2n) is 8.07. The van der Waals surface area contributed by atoms with Crippen LogP contribution in [0.4, 0.5) is 5.69 Å². The van der Waals surface area contributed by atoms with Crippen molar-refractivity contribution in [3.8, 4) is 5.75 Å². The smallest absolute Gasteiger partial charge is 0.251 e. The SMILES string of the molecule is COc1ccc(NC(=O)C(c2ccc(C)cc2)N(C)C(=O)Cc2c[nH]c3ccccc23)cc1. The number of aromatic amines is 1. The fourth-order valence-electron chi connectivity index (χ4n) is 3.89. The minimum atomic E-state index is -0.773. The van der Waals surface area contributed by atoms with Crippen LogP contribution < -0.4 is 10.1 Å². The quantitative estimate of drug-likeness (QED) is 0.430. The average Bonchev–Trinajstić information content (AvgIpc) is 3.23. The molecule has 4 aromatic rings. The molecule has 0 aliphatic heterocycles. The summed E-state index contributed by atoms with van der Waals surface area (Å²) in [6.07, 6.45) is 2.05. The molecule has 4 rings (SSSR count). The third-order valence-electron chi connectivity index (χ3n) is 5.80. The van der Waals surface area contributed by atoms with E-state index in [2.05, 4.69) is 10.3 Å². The number of aromatic nitrogens is 1. The third kappa shape index (κ3) is 4.90. The van der Waals surface area contributed by atoms with E-state index in [0.29, 0.717) is 11.4 Å². The summed E-state index contributed by atoms with van der Waals surface area (Å²) in [4.78, 5) is 31.4. The van der Waals surface area contributed by atoms with Crippen LogP contribution in [-0.4, -0.2) is 35.9 Å². The van der Waals surface area contributed by atoms with Crippen molar-refractivity contribution in [3.63, 3.8) is 0 Å². The van der Waals surface area contributed by atoms with Gasteiger partial charge in [-0.15, -0.1) is 0 Å². The summed E-state index contributed by atoms with van der Waals surface area (Å²) >= 11 is 0. The number of nitrogens with zero attached hydrogens (tertiary/aromatic N) is 1. The maximum absolute atomic E-state index is 13.4. The van der Waals surface area contributed by atoms with Gasteiger partial charge in [0.25, 0.3) is 5.91 Å². The van der Waals surface area contributed by atoms with Crippen LogP contribution in [0.1, 0.15) is 22.7 Å². The van der Waals surface area contributed by atoms with E-state index in [9.17, 15) is 9.59 Å². The first-order chi connectivity index (χ1) is 16.0. The normalized spacial score (nSPS) is 11.7. The topological polar surface area (TPSA) is 74.4 Å². The van der Waals surface area contributed by atoms with Gasteiger partial charge in [-0.3, -0.25) is 9.59 Å². The van der Waals surface area contributed by atoms with Crippen LogP contribution in [0.15, 0.2) is 79.0 Å². The number of carbonyl (C=O) groups excluding carboxylic acids is 2. The first kappa shape index (κ1) is 22.1. The summed E-state index contributed by atoms with van der Waals surface area (Å²) in [5.41, 5.74) is 4.36. The summed E-state index contributed by atoms with van der Waals surface area (Å²) in [6, 6.07) is 21.9. The number of carbonyl (C=O) groups is 2. The molecule has 1 unspecified atom stereocenters. The van der Waals surface area contributed by atoms with Gasteiger partial charge in [-0.2, -0.15) is 0 Å². The predicted molar refractivity (Wildman–Crippen MR) is 130 cm³/mol. The lowest BCUT2D eigenvalue weighted by Gasteiger charge is -2.28. The van der Waals surface area contributed by atoms with E-state index >= 15 is 0 Å². The third-order valence-corrected chi connectivity index (χ3v) is 5.80. The first-order valence-electron chi connectivity index (χ1n) is 10.8. The van der Waals surface area contributed by atoms with Crippen LogP contribution in [0.3, 0.4) is 0 Å². The van der Waals surface area contributed by atoms with Crippen LogP contribution in [0, 0.1) is 6.92 Å². The van der Waals surface area contributed by atoms with Crippen LogP contribution in [0.25, 0.3) is 10.9 Å². The molecule has 2 amide bonds. The molecule has 0 fully saturated rings. The molecule has 0 saturated carbocycles. The first-order valence-corrected chi connectivity index (χ1v) is 10.8. The Morgan fingerprint density at radius 2 is 1.70 bits per heavy atom. The maximum Gasteiger partial charge on any atom is 0.251 e. The molecular weight excluding hydrogens is 414 g/mol. The van der Waals surface area contributed by atoms with E-state index < -0.39 is 6.04 Å². The Morgan fingerprint density at radius 3 is 2.39 bits per heavy atom. The second kappa shape index (κ2) is 9.61. The van der Waals surface area contributed by atoms with Crippen molar-refractivity contribution in [3.05, 3.63) is 95.7 Å². The van der Waals surface area contributed by atoms with Gasteiger partial charge in [-0.05, 0) is 48.4 Å². The standard InChI is InChI=1S/C27H27N3O3/c1-18-8-10-19(11-9-18)26(27(32)29-21-12-14-22(33-3)15-13-21)30(2)25(31)16-20-17-28-24-7-5-4-6-23(20)24/h4-15,17,26,28H,16H2,1-3H3,(H,29,32). The summed E-state index contributed by atoms with van der Waals surface area (Å²) in [5.74, 6) is 0.281. The largest absolute Gasteiger partial charge is 0.497 e. The fraction of sp³-hybridized carbons (Fsp3) is 0.185. The van der Waals surface area contributed by atoms with Gasteiger partial charge in [0.2, 0.25) is 5.91 Å². The number of anilines is 1. The molecular formula is C27H27N3O3. The summed E-state index contributed by atoms with van der Waals surface area (Å²) in [5, 5.41) is 3.94. The molecule has 168 valence electrons. The van der Waals surface area contributed by atoms with Crippen molar-refractivity contribution < 1.29 is 14.3 Å². The number of fused-ring (bicyclic) bond motifs is 1. The molecule has 0 radical (unpaired) electrons. The number of ether oxygens (including phenoxy) is 1. The highest BCUT2D eigenvalue weighted by atomic mass is 16.5. The Hall–Kier alpha value is -4.06. The number of likely N-dealkylation sites (N-methyl/N-ethyl adjacent to an activating group) is 1. The van der Waals surface area contributed by atoms with Crippen LogP contribution in [-0.2, 0) is 16.0 Å². The fourth-order valence-corrected chi connectivity index (χ4v) is 3.89. The van der Waals surface area contributed by atoms with Crippen LogP contribution in [0.5, 0.6) is 5.75 Å². The van der Waals surface area contributed by atoms with Gasteiger partial charge in [-0.1, -0.05) is 48.0 Å². The zero-order valence-corrected chi connectivity index (χ0v) is 19.0. The summed E-state index contributed by atoms with van der Waals surface area (Å²) in [7, 11) is 3.27. The van der Waals surface area contributed by atoms with E-state index in [1.165, 1.54) is 4.90 Å². The van der Waals surface area contributed by atoms with Crippen LogP contribution >= 0.6 is 0 Å². The molecule has 1 aromatic heterocycles. The Morgan fingerprint density at radius 1 is 1.00 bits per heavy atom. The maximum atomic E-state index is 13.4. The number of H-pyrrole nitrogens is 1. The molecule has 1 heterocycles. The van der Waals surface area contributed by atoms with Gasteiger partial charge in [0, 0.05) is 29.8 Å². The average molecular weight is 442 g/mol. The highest BCUT2D eigenvalue weighted by molar-refractivity contribution is 5.98. The van der Waals surface area contributed by atoms with Crippen molar-refractivity contribution in [2.75, 3.05) is 19.5 Å². The number of rotatable bonds is 7. The van der Waals surface area contributed by atoms with Gasteiger partial charge in [0.05, 0.1) is 13.5 Å². The number of nitrogens with one attached hydrogen (secondary N) is 2. The molecule has 0 bridgehead atoms. The number of methoxy groups -OCH3 is 1. The number of aryl methyl sites for hydroxylation is 1. The summed E-state index contributed by atoms with van der Waals surface area (Å²) < 4.78 is 5.18. The van der Waals surface area contributed by atoms with Crippen molar-refractivity contribution in [2.24, 2.45) is 0 Å². The van der Waals surface area contributed by atoms with Crippen molar-refractivity contribution in [1.29, 1.82) is 0 Å². The second-order valence-corrected chi connectivity index (χ2v) is 8.07. The Labute approximate surface area is 193 Å². The lowest BCUT2D eigenvalue weighted by Crippen LogP contribution is -2.39. The zero-order valence-electron chi connectivity index (χ0n) is 19.0. The van der Waals surface area contributed by atoms with E-state index in [4.69, 9.17) is 4.74 Å². The molecule has 3 aromatic carbocycles. The molecule has 1 atom stereocenters.